The van der Waals surface area contributed by atoms with Crippen molar-refractivity contribution in [2.45, 2.75) is 109 Å². The van der Waals surface area contributed by atoms with Gasteiger partial charge in [-0.05, 0) is 50.2 Å². The standard InChI is InChI=1S/C29H47N2O5P/c1-2-3-4-5-6-7-8-9-10-11-12-13-14-15-16-21-29(32)31-26(24-36-37(33,34)35)22-25-23-30-28-20-18-17-19-27(25)28/h9-10,17-20,23,26,30,33-35H,2-8,11-16,21-22,24H2,1H3/p+1/b10-9-/t26-/m0/s1. The highest BCUT2D eigenvalue weighted by Crippen LogP contribution is 2.45. The molecule has 1 heterocycles. The molecule has 2 aromatic rings. The van der Waals surface area contributed by atoms with Crippen molar-refractivity contribution in [3.63, 3.8) is 0 Å². The number of carbonyl (C=O) groups excluding carboxylic acids is 1. The molecule has 0 aliphatic rings. The molecule has 5 N–H and O–H groups in total. The maximum absolute atomic E-state index is 12.5. The number of para-hydroxylation sites is 1. The molecule has 2 rings (SSSR count). The molecule has 1 amide bonds. The highest BCUT2D eigenvalue weighted by atomic mass is 31.2. The molecule has 7 nitrogen and oxygen atoms in total. The van der Waals surface area contributed by atoms with E-state index in [1.807, 2.05) is 30.5 Å². The van der Waals surface area contributed by atoms with Crippen LogP contribution < -0.4 is 5.32 Å². The molecule has 1 aromatic heterocycles. The quantitative estimate of drug-likeness (QED) is 0.0677. The third-order valence-corrected chi connectivity index (χ3v) is 7.12. The lowest BCUT2D eigenvalue weighted by Gasteiger charge is -2.18. The van der Waals surface area contributed by atoms with Crippen LogP contribution >= 0.6 is 8.17 Å². The number of H-pyrrole nitrogens is 1. The Balaban J connectivity index is 1.60. The van der Waals surface area contributed by atoms with Gasteiger partial charge in [-0.3, -0.25) is 4.79 Å². The first kappa shape index (κ1) is 31.5. The van der Waals surface area contributed by atoms with Gasteiger partial charge in [0, 0.05) is 23.5 Å². The van der Waals surface area contributed by atoms with E-state index in [1.54, 1.807) is 0 Å². The first-order chi connectivity index (χ1) is 17.9. The minimum atomic E-state index is -4.37. The number of aromatic nitrogens is 1. The summed E-state index contributed by atoms with van der Waals surface area (Å²) in [6.45, 7) is 2.07. The Kier molecular flexibility index (Phi) is 15.7. The van der Waals surface area contributed by atoms with E-state index in [0.717, 1.165) is 42.1 Å². The molecular formula is C29H48N2O5P+. The average molecular weight is 536 g/mol. The van der Waals surface area contributed by atoms with Crippen molar-refractivity contribution in [2.75, 3.05) is 6.61 Å². The van der Waals surface area contributed by atoms with Gasteiger partial charge >= 0.3 is 8.17 Å². The average Bonchev–Trinajstić information content (AvgIpc) is 3.27. The molecule has 0 saturated carbocycles. The second kappa shape index (κ2) is 18.5. The van der Waals surface area contributed by atoms with Gasteiger partial charge in [-0.15, -0.1) is 0 Å². The summed E-state index contributed by atoms with van der Waals surface area (Å²) < 4.78 is 4.83. The maximum Gasteiger partial charge on any atom is 0.567 e. The van der Waals surface area contributed by atoms with E-state index in [4.69, 9.17) is 4.52 Å². The van der Waals surface area contributed by atoms with E-state index in [2.05, 4.69) is 29.4 Å². The number of nitrogens with one attached hydrogen (secondary N) is 2. The van der Waals surface area contributed by atoms with Crippen LogP contribution in [0.4, 0.5) is 0 Å². The number of fused-ring (bicyclic) bond motifs is 1. The smallest absolute Gasteiger partial charge is 0.361 e. The van der Waals surface area contributed by atoms with Crippen molar-refractivity contribution in [3.8, 4) is 0 Å². The lowest BCUT2D eigenvalue weighted by atomic mass is 10.0. The topological polar surface area (TPSA) is 115 Å². The lowest BCUT2D eigenvalue weighted by molar-refractivity contribution is -0.122. The Bertz CT molecular complexity index is 909. The summed E-state index contributed by atoms with van der Waals surface area (Å²) in [4.78, 5) is 43.4. The number of hydrogen-bond acceptors (Lipinski definition) is 5. The Labute approximate surface area is 223 Å². The van der Waals surface area contributed by atoms with Crippen molar-refractivity contribution >= 4 is 25.0 Å². The second-order valence-electron chi connectivity index (χ2n) is 9.97. The predicted molar refractivity (Wildman–Crippen MR) is 153 cm³/mol. The van der Waals surface area contributed by atoms with E-state index >= 15 is 0 Å². The number of benzene rings is 1. The number of unbranched alkanes of at least 4 members (excludes halogenated alkanes) is 11. The number of rotatable bonds is 21. The first-order valence-corrected chi connectivity index (χ1v) is 15.7. The molecule has 0 aliphatic carbocycles. The second-order valence-corrected chi connectivity index (χ2v) is 11.3. The molecule has 1 atom stereocenters. The van der Waals surface area contributed by atoms with Crippen molar-refractivity contribution in [1.82, 2.24) is 10.3 Å². The van der Waals surface area contributed by atoms with Crippen molar-refractivity contribution in [2.24, 2.45) is 0 Å². The zero-order valence-electron chi connectivity index (χ0n) is 22.5. The van der Waals surface area contributed by atoms with Crippen molar-refractivity contribution in [1.29, 1.82) is 0 Å². The van der Waals surface area contributed by atoms with Crippen LogP contribution in [0.2, 0.25) is 0 Å². The molecule has 0 fully saturated rings. The largest absolute Gasteiger partial charge is 0.567 e. The molecule has 1 aromatic carbocycles. The Morgan fingerprint density at radius 2 is 1.57 bits per heavy atom. The maximum atomic E-state index is 12.5. The first-order valence-electron chi connectivity index (χ1n) is 14.1. The summed E-state index contributed by atoms with van der Waals surface area (Å²) in [5.41, 5.74) is 1.98. The Morgan fingerprint density at radius 1 is 0.946 bits per heavy atom. The van der Waals surface area contributed by atoms with Crippen LogP contribution in [0.5, 0.6) is 0 Å². The summed E-state index contributed by atoms with van der Waals surface area (Å²) in [7, 11) is -4.37. The van der Waals surface area contributed by atoms with Gasteiger partial charge in [0.2, 0.25) is 5.91 Å². The van der Waals surface area contributed by atoms with Gasteiger partial charge in [-0.25, -0.2) is 0 Å². The summed E-state index contributed by atoms with van der Waals surface area (Å²) in [6.07, 6.45) is 23.1. The van der Waals surface area contributed by atoms with Gasteiger partial charge in [-0.2, -0.15) is 19.2 Å². The third-order valence-electron chi connectivity index (χ3n) is 6.62. The minimum Gasteiger partial charge on any atom is -0.361 e. The van der Waals surface area contributed by atoms with Gasteiger partial charge in [0.15, 0.2) is 0 Å². The molecular weight excluding hydrogens is 487 g/mol. The van der Waals surface area contributed by atoms with Gasteiger partial charge in [-0.1, -0.05) is 88.6 Å². The van der Waals surface area contributed by atoms with E-state index in [9.17, 15) is 19.5 Å². The number of amides is 1. The number of hydrogen-bond donors (Lipinski definition) is 5. The van der Waals surface area contributed by atoms with Crippen LogP contribution in [0.1, 0.15) is 102 Å². The monoisotopic (exact) mass is 535 g/mol. The van der Waals surface area contributed by atoms with Crippen LogP contribution in [-0.2, 0) is 15.7 Å². The summed E-state index contributed by atoms with van der Waals surface area (Å²) in [5, 5.41) is 3.98. The SMILES string of the molecule is CCCCCCCC/C=C\CCCCCCCC(=O)N[C@H](CO[P+](O)(O)O)Cc1c[nH]c2ccccc12. The van der Waals surface area contributed by atoms with Gasteiger partial charge < -0.3 is 10.3 Å². The minimum absolute atomic E-state index is 0.0937. The van der Waals surface area contributed by atoms with E-state index in [1.165, 1.54) is 57.8 Å². The van der Waals surface area contributed by atoms with Gasteiger partial charge in [0.25, 0.3) is 0 Å². The van der Waals surface area contributed by atoms with Crippen LogP contribution in [0.15, 0.2) is 42.6 Å². The van der Waals surface area contributed by atoms with Crippen LogP contribution in [-0.4, -0.2) is 38.2 Å². The molecule has 0 radical (unpaired) electrons. The molecule has 0 aliphatic heterocycles. The fraction of sp³-hybridized carbons (Fsp3) is 0.621. The van der Waals surface area contributed by atoms with Crippen molar-refractivity contribution < 1.29 is 24.0 Å². The summed E-state index contributed by atoms with van der Waals surface area (Å²) in [5.74, 6) is -0.0937. The fourth-order valence-electron chi connectivity index (χ4n) is 4.56. The zero-order chi connectivity index (χ0) is 26.8. The molecule has 0 saturated heterocycles. The van der Waals surface area contributed by atoms with E-state index < -0.39 is 14.2 Å². The molecule has 0 unspecified atom stereocenters. The van der Waals surface area contributed by atoms with Crippen molar-refractivity contribution in [3.05, 3.63) is 48.2 Å². The number of allylic oxidation sites excluding steroid dienone is 2. The number of carbonyl (C=O) groups is 1. The zero-order valence-corrected chi connectivity index (χ0v) is 23.4. The highest BCUT2D eigenvalue weighted by Gasteiger charge is 2.34. The molecule has 0 bridgehead atoms. The Hall–Kier alpha value is -1.76. The fourth-order valence-corrected chi connectivity index (χ4v) is 4.94. The lowest BCUT2D eigenvalue weighted by Crippen LogP contribution is -2.39. The highest BCUT2D eigenvalue weighted by molar-refractivity contribution is 7.53. The predicted octanol–water partition coefficient (Wildman–Crippen LogP) is 6.90. The summed E-state index contributed by atoms with van der Waals surface area (Å²) >= 11 is 0. The number of aromatic amines is 1. The van der Waals surface area contributed by atoms with E-state index in [0.29, 0.717) is 12.8 Å². The normalized spacial score (nSPS) is 13.0. The molecule has 8 heteroatoms. The van der Waals surface area contributed by atoms with E-state index in [-0.39, 0.29) is 12.5 Å². The third kappa shape index (κ3) is 14.7. The van der Waals surface area contributed by atoms with Crippen LogP contribution in [0.3, 0.4) is 0 Å². The molecule has 37 heavy (non-hydrogen) atoms. The molecule has 208 valence electrons. The molecule has 0 spiro atoms. The summed E-state index contributed by atoms with van der Waals surface area (Å²) in [6, 6.07) is 7.37. The van der Waals surface area contributed by atoms with Gasteiger partial charge in [0.1, 0.15) is 6.61 Å². The van der Waals surface area contributed by atoms with Crippen LogP contribution in [0, 0.1) is 0 Å². The van der Waals surface area contributed by atoms with Crippen LogP contribution in [0.25, 0.3) is 10.9 Å². The van der Waals surface area contributed by atoms with Gasteiger partial charge in [0.05, 0.1) is 6.04 Å². The Morgan fingerprint density at radius 3 is 2.24 bits per heavy atom.